The molecule has 0 heterocycles. The second kappa shape index (κ2) is 7.02. The van der Waals surface area contributed by atoms with Gasteiger partial charge in [0.2, 0.25) is 0 Å². The monoisotopic (exact) mass is 285 g/mol. The summed E-state index contributed by atoms with van der Waals surface area (Å²) in [5, 5.41) is 0. The molecule has 0 bridgehead atoms. The van der Waals surface area contributed by atoms with Gasteiger partial charge in [-0.15, -0.1) is 0 Å². The summed E-state index contributed by atoms with van der Waals surface area (Å²) in [6.45, 7) is 7.38. The van der Waals surface area contributed by atoms with E-state index in [1.807, 2.05) is 25.1 Å². The quantitative estimate of drug-likeness (QED) is 0.643. The molecule has 2 N–H and O–H groups in total. The predicted molar refractivity (Wildman–Crippen MR) is 87.1 cm³/mol. The van der Waals surface area contributed by atoms with Crippen molar-refractivity contribution in [2.24, 2.45) is 0 Å². The molecule has 0 saturated heterocycles. The van der Waals surface area contributed by atoms with Crippen molar-refractivity contribution in [3.8, 4) is 11.5 Å². The molecule has 0 spiro atoms. The van der Waals surface area contributed by atoms with Gasteiger partial charge in [-0.3, -0.25) is 0 Å². The van der Waals surface area contributed by atoms with Gasteiger partial charge in [-0.05, 0) is 56.2 Å². The van der Waals surface area contributed by atoms with E-state index in [4.69, 9.17) is 15.2 Å². The fourth-order valence-corrected chi connectivity index (χ4v) is 2.24. The number of aryl methyl sites for hydroxylation is 2. The first kappa shape index (κ1) is 15.2. The molecule has 2 aromatic carbocycles. The molecule has 0 aliphatic heterocycles. The minimum Gasteiger partial charge on any atom is -0.493 e. The standard InChI is InChI=1S/C18H23NO2/c1-13-10-14(2)12-16(11-13)20-8-5-9-21-18-7-4-6-17(19)15(18)3/h4,6-7,10-12H,5,8-9,19H2,1-3H3. The molecule has 21 heavy (non-hydrogen) atoms. The SMILES string of the molecule is Cc1cc(C)cc(OCCCOc2cccc(N)c2C)c1. The minimum atomic E-state index is 0.620. The lowest BCUT2D eigenvalue weighted by Gasteiger charge is -2.11. The summed E-state index contributed by atoms with van der Waals surface area (Å²) in [5.41, 5.74) is 10.0. The van der Waals surface area contributed by atoms with Crippen molar-refractivity contribution in [3.05, 3.63) is 53.1 Å². The van der Waals surface area contributed by atoms with Crippen molar-refractivity contribution in [2.45, 2.75) is 27.2 Å². The zero-order chi connectivity index (χ0) is 15.2. The van der Waals surface area contributed by atoms with Crippen molar-refractivity contribution in [1.29, 1.82) is 0 Å². The Hall–Kier alpha value is -2.16. The van der Waals surface area contributed by atoms with Crippen LogP contribution >= 0.6 is 0 Å². The highest BCUT2D eigenvalue weighted by Crippen LogP contribution is 2.23. The topological polar surface area (TPSA) is 44.5 Å². The Morgan fingerprint density at radius 1 is 0.905 bits per heavy atom. The van der Waals surface area contributed by atoms with Crippen molar-refractivity contribution in [3.63, 3.8) is 0 Å². The van der Waals surface area contributed by atoms with Crippen molar-refractivity contribution in [1.82, 2.24) is 0 Å². The third-order valence-corrected chi connectivity index (χ3v) is 3.34. The van der Waals surface area contributed by atoms with Gasteiger partial charge in [-0.25, -0.2) is 0 Å². The van der Waals surface area contributed by atoms with Crippen LogP contribution in [-0.4, -0.2) is 13.2 Å². The van der Waals surface area contributed by atoms with Crippen LogP contribution in [0.2, 0.25) is 0 Å². The van der Waals surface area contributed by atoms with Crippen molar-refractivity contribution in [2.75, 3.05) is 18.9 Å². The molecule has 2 rings (SSSR count). The molecular weight excluding hydrogens is 262 g/mol. The van der Waals surface area contributed by atoms with Crippen LogP contribution in [-0.2, 0) is 0 Å². The highest BCUT2D eigenvalue weighted by atomic mass is 16.5. The Bertz CT molecular complexity index is 588. The highest BCUT2D eigenvalue weighted by molar-refractivity contribution is 5.53. The maximum Gasteiger partial charge on any atom is 0.124 e. The minimum absolute atomic E-state index is 0.620. The van der Waals surface area contributed by atoms with Crippen molar-refractivity contribution < 1.29 is 9.47 Å². The maximum atomic E-state index is 5.85. The molecule has 0 aliphatic rings. The molecule has 0 saturated carbocycles. The number of hydrogen-bond acceptors (Lipinski definition) is 3. The Kier molecular flexibility index (Phi) is 5.09. The van der Waals surface area contributed by atoms with Gasteiger partial charge in [0.25, 0.3) is 0 Å². The van der Waals surface area contributed by atoms with Gasteiger partial charge in [-0.1, -0.05) is 12.1 Å². The lowest BCUT2D eigenvalue weighted by Crippen LogP contribution is -2.06. The number of nitrogen functional groups attached to an aromatic ring is 1. The van der Waals surface area contributed by atoms with E-state index < -0.39 is 0 Å². The third kappa shape index (κ3) is 4.42. The van der Waals surface area contributed by atoms with Gasteiger partial charge in [-0.2, -0.15) is 0 Å². The summed E-state index contributed by atoms with van der Waals surface area (Å²) in [7, 11) is 0. The number of rotatable bonds is 6. The van der Waals surface area contributed by atoms with Crippen LogP contribution < -0.4 is 15.2 Å². The molecule has 2 aromatic rings. The summed E-state index contributed by atoms with van der Waals surface area (Å²) in [6.07, 6.45) is 0.835. The van der Waals surface area contributed by atoms with E-state index in [1.54, 1.807) is 0 Å². The van der Waals surface area contributed by atoms with E-state index in [0.29, 0.717) is 13.2 Å². The van der Waals surface area contributed by atoms with E-state index in [9.17, 15) is 0 Å². The lowest BCUT2D eigenvalue weighted by atomic mass is 10.1. The van der Waals surface area contributed by atoms with Crippen LogP contribution in [0, 0.1) is 20.8 Å². The Morgan fingerprint density at radius 3 is 2.29 bits per heavy atom. The molecule has 0 amide bonds. The number of nitrogens with two attached hydrogens (primary N) is 1. The lowest BCUT2D eigenvalue weighted by molar-refractivity contribution is 0.246. The molecule has 112 valence electrons. The molecule has 0 atom stereocenters. The smallest absolute Gasteiger partial charge is 0.124 e. The molecule has 0 unspecified atom stereocenters. The van der Waals surface area contributed by atoms with Crippen LogP contribution in [0.15, 0.2) is 36.4 Å². The summed E-state index contributed by atoms with van der Waals surface area (Å²) in [6, 6.07) is 12.0. The number of ether oxygens (including phenoxy) is 2. The third-order valence-electron chi connectivity index (χ3n) is 3.34. The fourth-order valence-electron chi connectivity index (χ4n) is 2.24. The Labute approximate surface area is 126 Å². The van der Waals surface area contributed by atoms with Crippen LogP contribution in [0.25, 0.3) is 0 Å². The second-order valence-corrected chi connectivity index (χ2v) is 5.34. The Morgan fingerprint density at radius 2 is 1.57 bits per heavy atom. The van der Waals surface area contributed by atoms with Crippen LogP contribution in [0.3, 0.4) is 0 Å². The van der Waals surface area contributed by atoms with Gasteiger partial charge in [0.15, 0.2) is 0 Å². The van der Waals surface area contributed by atoms with E-state index >= 15 is 0 Å². The summed E-state index contributed by atoms with van der Waals surface area (Å²) in [4.78, 5) is 0. The van der Waals surface area contributed by atoms with Crippen LogP contribution in [0.5, 0.6) is 11.5 Å². The number of anilines is 1. The molecule has 3 heteroatoms. The molecular formula is C18H23NO2. The number of benzene rings is 2. The molecule has 0 fully saturated rings. The maximum absolute atomic E-state index is 5.85. The zero-order valence-corrected chi connectivity index (χ0v) is 13.0. The average Bonchev–Trinajstić information content (AvgIpc) is 2.42. The van der Waals surface area contributed by atoms with Gasteiger partial charge >= 0.3 is 0 Å². The van der Waals surface area contributed by atoms with Crippen molar-refractivity contribution >= 4 is 5.69 Å². The van der Waals surface area contributed by atoms with Gasteiger partial charge in [0, 0.05) is 17.7 Å². The average molecular weight is 285 g/mol. The normalized spacial score (nSPS) is 10.4. The molecule has 3 nitrogen and oxygen atoms in total. The summed E-state index contributed by atoms with van der Waals surface area (Å²) >= 11 is 0. The summed E-state index contributed by atoms with van der Waals surface area (Å²) < 4.78 is 11.5. The fraction of sp³-hybridized carbons (Fsp3) is 0.333. The van der Waals surface area contributed by atoms with Crippen LogP contribution in [0.4, 0.5) is 5.69 Å². The first-order chi connectivity index (χ1) is 10.1. The predicted octanol–water partition coefficient (Wildman–Crippen LogP) is 4.04. The second-order valence-electron chi connectivity index (χ2n) is 5.34. The van der Waals surface area contributed by atoms with E-state index in [2.05, 4.69) is 32.0 Å². The first-order valence-corrected chi connectivity index (χ1v) is 7.25. The molecule has 0 aromatic heterocycles. The number of hydrogen-bond donors (Lipinski definition) is 1. The van der Waals surface area contributed by atoms with Gasteiger partial charge in [0.1, 0.15) is 11.5 Å². The molecule has 0 radical (unpaired) electrons. The van der Waals surface area contributed by atoms with E-state index in [1.165, 1.54) is 11.1 Å². The largest absolute Gasteiger partial charge is 0.493 e. The summed E-state index contributed by atoms with van der Waals surface area (Å²) in [5.74, 6) is 1.77. The highest BCUT2D eigenvalue weighted by Gasteiger charge is 2.02. The van der Waals surface area contributed by atoms with Gasteiger partial charge < -0.3 is 15.2 Å². The van der Waals surface area contributed by atoms with Gasteiger partial charge in [0.05, 0.1) is 13.2 Å². The Balaban J connectivity index is 1.76. The molecule has 0 aliphatic carbocycles. The zero-order valence-electron chi connectivity index (χ0n) is 13.0. The van der Waals surface area contributed by atoms with E-state index in [-0.39, 0.29) is 0 Å². The van der Waals surface area contributed by atoms with Crippen LogP contribution in [0.1, 0.15) is 23.1 Å². The first-order valence-electron chi connectivity index (χ1n) is 7.25. The van der Waals surface area contributed by atoms with E-state index in [0.717, 1.165) is 29.2 Å².